The number of hydrogen-bond donors (Lipinski definition) is 2. The van der Waals surface area contributed by atoms with Crippen molar-refractivity contribution in [2.75, 3.05) is 26.2 Å². The van der Waals surface area contributed by atoms with Crippen LogP contribution < -0.4 is 0 Å². The van der Waals surface area contributed by atoms with E-state index in [1.54, 1.807) is 0 Å². The molecule has 27 heavy (non-hydrogen) atoms. The Bertz CT molecular complexity index is 661. The maximum atomic E-state index is 10.00. The summed E-state index contributed by atoms with van der Waals surface area (Å²) in [6.07, 6.45) is 5.17. The molecule has 3 saturated heterocycles. The van der Waals surface area contributed by atoms with Crippen molar-refractivity contribution < 1.29 is 15.0 Å². The van der Waals surface area contributed by atoms with Crippen molar-refractivity contribution >= 4 is 6.47 Å². The van der Waals surface area contributed by atoms with E-state index in [9.17, 15) is 10.4 Å². The minimum Gasteiger partial charge on any atom is -0.483 e. The second-order valence-electron chi connectivity index (χ2n) is 7.88. The number of aliphatic hydroxyl groups is 1. The molecule has 2 N–H and O–H groups in total. The molecule has 6 nitrogen and oxygen atoms in total. The Morgan fingerprint density at radius 2 is 1.96 bits per heavy atom. The number of rotatable bonds is 3. The van der Waals surface area contributed by atoms with Gasteiger partial charge in [0.15, 0.2) is 0 Å². The number of hydrogen-bond acceptors (Lipinski definition) is 5. The molecule has 0 aliphatic carbocycles. The summed E-state index contributed by atoms with van der Waals surface area (Å²) < 4.78 is 0. The van der Waals surface area contributed by atoms with Crippen LogP contribution >= 0.6 is 0 Å². The second kappa shape index (κ2) is 9.32. The highest BCUT2D eigenvalue weighted by molar-refractivity contribution is 5.37. The molecule has 3 heterocycles. The van der Waals surface area contributed by atoms with Crippen LogP contribution in [0.5, 0.6) is 0 Å². The fourth-order valence-corrected chi connectivity index (χ4v) is 5.39. The number of nitrogens with zero attached hydrogens (tertiary/aromatic N) is 3. The van der Waals surface area contributed by atoms with E-state index in [0.717, 1.165) is 36.7 Å². The van der Waals surface area contributed by atoms with Crippen LogP contribution in [0.4, 0.5) is 0 Å². The Morgan fingerprint density at radius 1 is 1.22 bits per heavy atom. The van der Waals surface area contributed by atoms with E-state index >= 15 is 0 Å². The molecule has 0 spiro atoms. The van der Waals surface area contributed by atoms with Gasteiger partial charge in [-0.2, -0.15) is 5.26 Å². The summed E-state index contributed by atoms with van der Waals surface area (Å²) in [5.74, 6) is 1.29. The molecule has 3 aliphatic heterocycles. The zero-order valence-corrected chi connectivity index (χ0v) is 15.7. The van der Waals surface area contributed by atoms with Crippen molar-refractivity contribution in [1.29, 1.82) is 5.26 Å². The zero-order valence-electron chi connectivity index (χ0n) is 15.7. The quantitative estimate of drug-likeness (QED) is 0.790. The van der Waals surface area contributed by atoms with Gasteiger partial charge in [-0.3, -0.25) is 14.6 Å². The normalized spacial score (nSPS) is 30.4. The van der Waals surface area contributed by atoms with Crippen LogP contribution in [-0.4, -0.2) is 64.8 Å². The first kappa shape index (κ1) is 19.8. The molecule has 2 bridgehead atoms. The van der Waals surface area contributed by atoms with Crippen LogP contribution in [-0.2, 0) is 11.3 Å². The van der Waals surface area contributed by atoms with E-state index in [1.165, 1.54) is 32.2 Å². The fraction of sp³-hybridized carbons (Fsp3) is 0.619. The van der Waals surface area contributed by atoms with Gasteiger partial charge in [0, 0.05) is 31.7 Å². The summed E-state index contributed by atoms with van der Waals surface area (Å²) in [5.41, 5.74) is 1.94. The largest absolute Gasteiger partial charge is 0.483 e. The number of carbonyl (C=O) groups is 1. The van der Waals surface area contributed by atoms with Crippen LogP contribution in [0.15, 0.2) is 24.3 Å². The Labute approximate surface area is 161 Å². The predicted octanol–water partition coefficient (Wildman–Crippen LogP) is 1.93. The van der Waals surface area contributed by atoms with E-state index in [2.05, 4.69) is 21.9 Å². The van der Waals surface area contributed by atoms with Crippen molar-refractivity contribution in [3.8, 4) is 6.07 Å². The molecule has 1 aromatic rings. The molecule has 0 unspecified atom stereocenters. The Balaban J connectivity index is 0.000000659. The van der Waals surface area contributed by atoms with Gasteiger partial charge in [-0.25, -0.2) is 0 Å². The molecule has 0 radical (unpaired) electrons. The molecule has 3 aliphatic rings. The molecule has 0 saturated carbocycles. The lowest BCUT2D eigenvalue weighted by Crippen LogP contribution is -2.64. The summed E-state index contributed by atoms with van der Waals surface area (Å²) in [7, 11) is 0. The minimum atomic E-state index is -0.250. The van der Waals surface area contributed by atoms with Crippen molar-refractivity contribution in [3.05, 3.63) is 35.4 Å². The van der Waals surface area contributed by atoms with Crippen LogP contribution in [0.3, 0.4) is 0 Å². The van der Waals surface area contributed by atoms with E-state index in [1.807, 2.05) is 18.2 Å². The number of benzene rings is 1. The number of aliphatic hydroxyl groups excluding tert-OH is 1. The van der Waals surface area contributed by atoms with Crippen molar-refractivity contribution in [1.82, 2.24) is 9.80 Å². The first-order valence-electron chi connectivity index (χ1n) is 9.86. The van der Waals surface area contributed by atoms with Crippen LogP contribution in [0, 0.1) is 23.2 Å². The number of piperidine rings is 3. The highest BCUT2D eigenvalue weighted by Crippen LogP contribution is 2.41. The number of likely N-dealkylation sites (tertiary alicyclic amines) is 1. The van der Waals surface area contributed by atoms with E-state index in [4.69, 9.17) is 9.90 Å². The molecule has 3 fully saturated rings. The molecule has 1 aromatic carbocycles. The van der Waals surface area contributed by atoms with Gasteiger partial charge in [0.2, 0.25) is 0 Å². The monoisotopic (exact) mass is 371 g/mol. The maximum Gasteiger partial charge on any atom is 0.290 e. The highest BCUT2D eigenvalue weighted by Gasteiger charge is 2.46. The Hall–Kier alpha value is -1.94. The summed E-state index contributed by atoms with van der Waals surface area (Å²) in [6.45, 7) is 4.25. The maximum absolute atomic E-state index is 10.00. The predicted molar refractivity (Wildman–Crippen MR) is 102 cm³/mol. The zero-order chi connectivity index (χ0) is 19.2. The standard InChI is InChI=1S/C20H27N3O.CH2O2/c21-10-15-5-1-2-6-16(15)11-22-12-17-9-18(13-22)20(14-24)23-8-4-3-7-19(17)23;2-1-3/h1-2,5-6,17-20,24H,3-4,7-9,11-14H2;1H,(H,2,3)/t17-,18+,19+,20+;/m1./s1. The first-order valence-corrected chi connectivity index (χ1v) is 9.86. The van der Waals surface area contributed by atoms with Gasteiger partial charge in [0.1, 0.15) is 0 Å². The Kier molecular flexibility index (Phi) is 6.84. The van der Waals surface area contributed by atoms with E-state index in [-0.39, 0.29) is 13.1 Å². The molecule has 4 rings (SSSR count). The average molecular weight is 371 g/mol. The number of nitriles is 1. The van der Waals surface area contributed by atoms with Gasteiger partial charge in [-0.15, -0.1) is 0 Å². The second-order valence-corrected chi connectivity index (χ2v) is 7.88. The van der Waals surface area contributed by atoms with Gasteiger partial charge in [-0.05, 0) is 49.3 Å². The smallest absolute Gasteiger partial charge is 0.290 e. The van der Waals surface area contributed by atoms with Crippen molar-refractivity contribution in [3.63, 3.8) is 0 Å². The lowest BCUT2D eigenvalue weighted by molar-refractivity contribution is -0.122. The summed E-state index contributed by atoms with van der Waals surface area (Å²) >= 11 is 0. The molecule has 4 atom stereocenters. The van der Waals surface area contributed by atoms with Gasteiger partial charge < -0.3 is 10.2 Å². The lowest BCUT2D eigenvalue weighted by Gasteiger charge is -2.56. The third kappa shape index (κ3) is 4.32. The molecule has 0 aromatic heterocycles. The van der Waals surface area contributed by atoms with E-state index < -0.39 is 0 Å². The van der Waals surface area contributed by atoms with Gasteiger partial charge in [-0.1, -0.05) is 24.6 Å². The Morgan fingerprint density at radius 3 is 2.70 bits per heavy atom. The summed E-state index contributed by atoms with van der Waals surface area (Å²) in [4.78, 5) is 13.5. The van der Waals surface area contributed by atoms with Crippen LogP contribution in [0.1, 0.15) is 36.8 Å². The minimum absolute atomic E-state index is 0.250. The average Bonchev–Trinajstić information content (AvgIpc) is 2.69. The molecule has 6 heteroatoms. The topological polar surface area (TPSA) is 87.8 Å². The van der Waals surface area contributed by atoms with Crippen molar-refractivity contribution in [2.24, 2.45) is 11.8 Å². The van der Waals surface area contributed by atoms with Gasteiger partial charge in [0.05, 0.1) is 18.2 Å². The number of fused-ring (bicyclic) bond motifs is 4. The van der Waals surface area contributed by atoms with E-state index in [0.29, 0.717) is 18.0 Å². The lowest BCUT2D eigenvalue weighted by atomic mass is 9.72. The molecule has 0 amide bonds. The van der Waals surface area contributed by atoms with Gasteiger partial charge >= 0.3 is 0 Å². The number of carboxylic acid groups (broad SMARTS) is 1. The molecular weight excluding hydrogens is 342 g/mol. The molecular formula is C21H29N3O3. The SMILES string of the molecule is N#Cc1ccccc1CN1C[C@H]2C[C@@H](C1)[C@H](CO)N1CCCC[C@@H]21.O=CO. The molecule has 146 valence electrons. The van der Waals surface area contributed by atoms with Crippen LogP contribution in [0.2, 0.25) is 0 Å². The summed E-state index contributed by atoms with van der Waals surface area (Å²) in [5, 5.41) is 26.2. The van der Waals surface area contributed by atoms with Gasteiger partial charge in [0.25, 0.3) is 6.47 Å². The third-order valence-corrected chi connectivity index (χ3v) is 6.42. The fourth-order valence-electron chi connectivity index (χ4n) is 5.39. The van der Waals surface area contributed by atoms with Crippen LogP contribution in [0.25, 0.3) is 0 Å². The first-order chi connectivity index (χ1) is 13.2. The highest BCUT2D eigenvalue weighted by atomic mass is 16.3. The van der Waals surface area contributed by atoms with Crippen molar-refractivity contribution in [2.45, 2.75) is 44.3 Å². The third-order valence-electron chi connectivity index (χ3n) is 6.42. The summed E-state index contributed by atoms with van der Waals surface area (Å²) in [6, 6.07) is 11.3.